The lowest BCUT2D eigenvalue weighted by Crippen LogP contribution is -2.27. The van der Waals surface area contributed by atoms with Crippen LogP contribution in [-0.4, -0.2) is 18.1 Å². The maximum absolute atomic E-state index is 12.3. The van der Waals surface area contributed by atoms with Gasteiger partial charge in [0.2, 0.25) is 0 Å². The molecule has 0 aromatic heterocycles. The van der Waals surface area contributed by atoms with Crippen molar-refractivity contribution in [3.05, 3.63) is 45.5 Å². The molecule has 9 heteroatoms. The molecule has 110 valence electrons. The van der Waals surface area contributed by atoms with Crippen LogP contribution < -0.4 is 0 Å². The number of hydrogen-bond acceptors (Lipinski definition) is 1. The first-order valence-corrected chi connectivity index (χ1v) is 5.54. The van der Waals surface area contributed by atoms with Gasteiger partial charge in [-0.25, -0.2) is 0 Å². The van der Waals surface area contributed by atoms with Crippen molar-refractivity contribution in [3.8, 4) is 0 Å². The molecule has 0 bridgehead atoms. The molecule has 1 aromatic rings. The molecule has 0 saturated heterocycles. The Morgan fingerprint density at radius 1 is 1.00 bits per heavy atom. The lowest BCUT2D eigenvalue weighted by Gasteiger charge is -2.14. The van der Waals surface area contributed by atoms with Crippen molar-refractivity contribution in [2.45, 2.75) is 12.4 Å². The van der Waals surface area contributed by atoms with Gasteiger partial charge in [-0.15, -0.1) is 0 Å². The molecule has 1 rings (SSSR count). The van der Waals surface area contributed by atoms with E-state index in [1.807, 2.05) is 0 Å². The van der Waals surface area contributed by atoms with Crippen molar-refractivity contribution >= 4 is 29.0 Å². The Bertz CT molecular complexity index is 543. The summed E-state index contributed by atoms with van der Waals surface area (Å²) in [6.45, 7) is 0. The molecule has 0 aliphatic rings. The molecule has 0 saturated carbocycles. The van der Waals surface area contributed by atoms with Crippen molar-refractivity contribution in [3.63, 3.8) is 0 Å². The van der Waals surface area contributed by atoms with Gasteiger partial charge in [-0.2, -0.15) is 26.3 Å². The Morgan fingerprint density at radius 3 is 1.95 bits per heavy atom. The van der Waals surface area contributed by atoms with Gasteiger partial charge in [-0.3, -0.25) is 4.79 Å². The molecular weight excluding hydrogens is 333 g/mol. The first-order chi connectivity index (χ1) is 8.93. The Hall–Kier alpha value is -1.21. The van der Waals surface area contributed by atoms with Gasteiger partial charge < -0.3 is 0 Å². The maximum Gasteiger partial charge on any atom is 0.421 e. The van der Waals surface area contributed by atoms with E-state index < -0.39 is 35.3 Å². The molecular formula is C11H4Cl2F6O. The summed E-state index contributed by atoms with van der Waals surface area (Å²) < 4.78 is 73.6. The van der Waals surface area contributed by atoms with Crippen LogP contribution in [0.3, 0.4) is 0 Å². The van der Waals surface area contributed by atoms with Gasteiger partial charge in [0.1, 0.15) is 5.57 Å². The fourth-order valence-corrected chi connectivity index (χ4v) is 1.60. The topological polar surface area (TPSA) is 17.1 Å². The van der Waals surface area contributed by atoms with E-state index in [0.29, 0.717) is 0 Å². The minimum atomic E-state index is -5.71. The van der Waals surface area contributed by atoms with E-state index in [1.54, 1.807) is 0 Å². The number of carbonyl (C=O) groups excluding carboxylic acids is 1. The quantitative estimate of drug-likeness (QED) is 0.410. The number of allylic oxidation sites excluding steroid dienone is 2. The summed E-state index contributed by atoms with van der Waals surface area (Å²) >= 11 is 11.0. The molecule has 20 heavy (non-hydrogen) atoms. The fourth-order valence-electron chi connectivity index (χ4n) is 1.22. The molecule has 0 aliphatic heterocycles. The van der Waals surface area contributed by atoms with Crippen molar-refractivity contribution in [1.29, 1.82) is 0 Å². The Labute approximate surface area is 118 Å². The van der Waals surface area contributed by atoms with Crippen molar-refractivity contribution < 1.29 is 31.1 Å². The number of ketones is 1. The molecule has 0 heterocycles. The minimum absolute atomic E-state index is 0.0493. The van der Waals surface area contributed by atoms with Crippen molar-refractivity contribution in [2.75, 3.05) is 0 Å². The van der Waals surface area contributed by atoms with E-state index in [9.17, 15) is 31.1 Å². The van der Waals surface area contributed by atoms with Crippen LogP contribution in [0.25, 0.3) is 0 Å². The Morgan fingerprint density at radius 2 is 1.50 bits per heavy atom. The number of benzene rings is 1. The van der Waals surface area contributed by atoms with E-state index in [-0.39, 0.29) is 10.0 Å². The summed E-state index contributed by atoms with van der Waals surface area (Å²) in [5.74, 6) is -1.54. The monoisotopic (exact) mass is 336 g/mol. The van der Waals surface area contributed by atoms with Gasteiger partial charge in [0, 0.05) is 16.7 Å². The van der Waals surface area contributed by atoms with Crippen LogP contribution >= 0.6 is 23.2 Å². The number of rotatable bonds is 2. The van der Waals surface area contributed by atoms with Crippen LogP contribution in [0.4, 0.5) is 26.3 Å². The average Bonchev–Trinajstić information content (AvgIpc) is 2.25. The standard InChI is InChI=1S/C11H4Cl2F6O/c12-5-1-2-7(13)6(3-5)8(20)4-9(10(14,15)16)11(17,18)19/h1-4H. The lowest BCUT2D eigenvalue weighted by atomic mass is 10.1. The molecule has 1 aromatic carbocycles. The zero-order valence-corrected chi connectivity index (χ0v) is 10.8. The first-order valence-electron chi connectivity index (χ1n) is 4.78. The highest BCUT2D eigenvalue weighted by atomic mass is 35.5. The van der Waals surface area contributed by atoms with Crippen LogP contribution in [0, 0.1) is 0 Å². The second-order valence-electron chi connectivity index (χ2n) is 3.54. The van der Waals surface area contributed by atoms with Gasteiger partial charge in [-0.05, 0) is 18.2 Å². The molecule has 0 unspecified atom stereocenters. The van der Waals surface area contributed by atoms with Gasteiger partial charge >= 0.3 is 12.4 Å². The largest absolute Gasteiger partial charge is 0.421 e. The zero-order valence-electron chi connectivity index (χ0n) is 9.24. The summed E-state index contributed by atoms with van der Waals surface area (Å²) in [5, 5.41) is -0.355. The SMILES string of the molecule is O=C(C=C(C(F)(F)F)C(F)(F)F)c1cc(Cl)ccc1Cl. The molecule has 0 amide bonds. The number of halogens is 8. The van der Waals surface area contributed by atoms with Gasteiger partial charge in [-0.1, -0.05) is 23.2 Å². The number of hydrogen-bond donors (Lipinski definition) is 0. The molecule has 0 spiro atoms. The van der Waals surface area contributed by atoms with E-state index >= 15 is 0 Å². The van der Waals surface area contributed by atoms with Crippen LogP contribution in [0.1, 0.15) is 10.4 Å². The highest BCUT2D eigenvalue weighted by Gasteiger charge is 2.51. The molecule has 1 nitrogen and oxygen atoms in total. The molecule has 0 atom stereocenters. The van der Waals surface area contributed by atoms with E-state index in [4.69, 9.17) is 23.2 Å². The van der Waals surface area contributed by atoms with E-state index in [0.717, 1.165) is 12.1 Å². The van der Waals surface area contributed by atoms with Crippen molar-refractivity contribution in [2.24, 2.45) is 0 Å². The molecule has 0 radical (unpaired) electrons. The summed E-state index contributed by atoms with van der Waals surface area (Å²) in [6, 6.07) is 3.21. The molecule has 0 N–H and O–H groups in total. The predicted octanol–water partition coefficient (Wildman–Crippen LogP) is 5.23. The van der Waals surface area contributed by atoms with Crippen molar-refractivity contribution in [1.82, 2.24) is 0 Å². The minimum Gasteiger partial charge on any atom is -0.289 e. The van der Waals surface area contributed by atoms with Gasteiger partial charge in [0.25, 0.3) is 0 Å². The summed E-state index contributed by atoms with van der Waals surface area (Å²) in [4.78, 5) is 11.5. The summed E-state index contributed by atoms with van der Waals surface area (Å²) in [6.07, 6.45) is -12.0. The third-order valence-electron chi connectivity index (χ3n) is 2.08. The normalized spacial score (nSPS) is 12.2. The maximum atomic E-state index is 12.3. The zero-order chi connectivity index (χ0) is 15.7. The van der Waals surface area contributed by atoms with E-state index in [2.05, 4.69) is 0 Å². The van der Waals surface area contributed by atoms with Crippen LogP contribution in [0.5, 0.6) is 0 Å². The third-order valence-corrected chi connectivity index (χ3v) is 2.64. The number of alkyl halides is 6. The van der Waals surface area contributed by atoms with Gasteiger partial charge in [0.05, 0.1) is 5.02 Å². The summed E-state index contributed by atoms with van der Waals surface area (Å²) in [5.41, 5.74) is -3.46. The highest BCUT2D eigenvalue weighted by Crippen LogP contribution is 2.39. The Kier molecular flexibility index (Phi) is 4.76. The van der Waals surface area contributed by atoms with Crippen LogP contribution in [0.15, 0.2) is 29.8 Å². The molecule has 0 aliphatic carbocycles. The average molecular weight is 337 g/mol. The summed E-state index contributed by atoms with van der Waals surface area (Å²) in [7, 11) is 0. The Balaban J connectivity index is 3.32. The van der Waals surface area contributed by atoms with E-state index in [1.165, 1.54) is 6.07 Å². The molecule has 0 fully saturated rings. The van der Waals surface area contributed by atoms with Crippen LogP contribution in [-0.2, 0) is 0 Å². The second kappa shape index (κ2) is 5.65. The van der Waals surface area contributed by atoms with Gasteiger partial charge in [0.15, 0.2) is 5.78 Å². The third kappa shape index (κ3) is 4.14. The van der Waals surface area contributed by atoms with Crippen LogP contribution in [0.2, 0.25) is 10.0 Å². The first kappa shape index (κ1) is 16.8. The number of carbonyl (C=O) groups is 1. The predicted molar refractivity (Wildman–Crippen MR) is 61.0 cm³/mol. The fraction of sp³-hybridized carbons (Fsp3) is 0.182. The second-order valence-corrected chi connectivity index (χ2v) is 4.39. The highest BCUT2D eigenvalue weighted by molar-refractivity contribution is 6.36. The lowest BCUT2D eigenvalue weighted by molar-refractivity contribution is -0.171. The smallest absolute Gasteiger partial charge is 0.289 e.